The van der Waals surface area contributed by atoms with E-state index in [1.807, 2.05) is 43.3 Å². The third-order valence-corrected chi connectivity index (χ3v) is 8.02. The predicted molar refractivity (Wildman–Crippen MR) is 149 cm³/mol. The monoisotopic (exact) mass is 492 g/mol. The number of rotatable bonds is 13. The zero-order chi connectivity index (χ0) is 25.3. The first-order valence-electron chi connectivity index (χ1n) is 12.9. The minimum Gasteiger partial charge on any atom is -0.507 e. The van der Waals surface area contributed by atoms with E-state index in [0.29, 0.717) is 18.5 Å². The van der Waals surface area contributed by atoms with E-state index in [0.717, 1.165) is 28.7 Å². The molecule has 4 heteroatoms. The molecule has 1 N–H and O–H groups in total. The van der Waals surface area contributed by atoms with Crippen molar-refractivity contribution in [3.05, 3.63) is 83.4 Å². The van der Waals surface area contributed by atoms with Crippen LogP contribution in [0.5, 0.6) is 11.5 Å². The lowest BCUT2D eigenvalue weighted by Gasteiger charge is -2.28. The Morgan fingerprint density at radius 3 is 2.34 bits per heavy atom. The van der Waals surface area contributed by atoms with Gasteiger partial charge in [0.15, 0.2) is 0 Å². The second-order valence-electron chi connectivity index (χ2n) is 9.92. The van der Waals surface area contributed by atoms with Crippen LogP contribution in [0.3, 0.4) is 0 Å². The van der Waals surface area contributed by atoms with Gasteiger partial charge < -0.3 is 14.2 Å². The van der Waals surface area contributed by atoms with Crippen molar-refractivity contribution in [1.82, 2.24) is 0 Å². The maximum absolute atomic E-state index is 11.3. The number of unbranched alkanes of at least 4 members (excludes halogenated alkanes) is 3. The van der Waals surface area contributed by atoms with Crippen LogP contribution in [-0.4, -0.2) is 11.7 Å². The molecule has 3 aromatic carbocycles. The van der Waals surface area contributed by atoms with Crippen molar-refractivity contribution in [2.24, 2.45) is 0 Å². The summed E-state index contributed by atoms with van der Waals surface area (Å²) in [4.78, 5) is 0. The highest BCUT2D eigenvalue weighted by Gasteiger charge is 2.26. The van der Waals surface area contributed by atoms with Crippen LogP contribution in [0.4, 0.5) is 0 Å². The van der Waals surface area contributed by atoms with Gasteiger partial charge in [0.25, 0.3) is 0 Å². The Morgan fingerprint density at radius 2 is 1.66 bits per heavy atom. The van der Waals surface area contributed by atoms with Crippen molar-refractivity contribution in [2.45, 2.75) is 78.3 Å². The minimum absolute atomic E-state index is 0.0672. The van der Waals surface area contributed by atoms with Crippen molar-refractivity contribution in [1.29, 1.82) is 0 Å². The SMILES string of the molecule is CCCCCCC(C)(C)c1cc(O)c(-c2cccc(C)c2)c(OP(Cc2ccccc2)OCC)c1. The molecule has 0 saturated carbocycles. The highest BCUT2D eigenvalue weighted by atomic mass is 31.2. The molecule has 0 heterocycles. The Hall–Kier alpha value is -2.35. The smallest absolute Gasteiger partial charge is 0.234 e. The second kappa shape index (κ2) is 13.1. The van der Waals surface area contributed by atoms with Crippen LogP contribution in [0.15, 0.2) is 66.7 Å². The van der Waals surface area contributed by atoms with Crippen LogP contribution in [0.2, 0.25) is 0 Å². The molecule has 1 atom stereocenters. The summed E-state index contributed by atoms with van der Waals surface area (Å²) in [6.45, 7) is 11.4. The average Bonchev–Trinajstić information content (AvgIpc) is 2.82. The lowest BCUT2D eigenvalue weighted by Crippen LogP contribution is -2.17. The van der Waals surface area contributed by atoms with Gasteiger partial charge in [-0.05, 0) is 54.5 Å². The number of phenolic OH excluding ortho intramolecular Hbond substituents is 1. The number of hydrogen-bond acceptors (Lipinski definition) is 3. The molecule has 3 nitrogen and oxygen atoms in total. The number of phenols is 1. The normalized spacial score (nSPS) is 12.5. The van der Waals surface area contributed by atoms with Gasteiger partial charge in [0.2, 0.25) is 8.38 Å². The Bertz CT molecular complexity index is 1060. The summed E-state index contributed by atoms with van der Waals surface area (Å²) in [5.74, 6) is 0.957. The molecular formula is C31H41O3P. The quantitative estimate of drug-likeness (QED) is 0.191. The van der Waals surface area contributed by atoms with Crippen molar-refractivity contribution < 1.29 is 14.2 Å². The van der Waals surface area contributed by atoms with E-state index in [9.17, 15) is 5.11 Å². The predicted octanol–water partition coefficient (Wildman–Crippen LogP) is 9.54. The van der Waals surface area contributed by atoms with E-state index >= 15 is 0 Å². The zero-order valence-corrected chi connectivity index (χ0v) is 22.9. The van der Waals surface area contributed by atoms with E-state index in [2.05, 4.69) is 58.0 Å². The molecule has 0 bridgehead atoms. The van der Waals surface area contributed by atoms with Gasteiger partial charge in [0, 0.05) is 0 Å². The lowest BCUT2D eigenvalue weighted by molar-refractivity contribution is 0.332. The number of benzene rings is 3. The summed E-state index contributed by atoms with van der Waals surface area (Å²) >= 11 is 0. The molecule has 0 aliphatic rings. The molecule has 0 spiro atoms. The van der Waals surface area contributed by atoms with Crippen LogP contribution >= 0.6 is 8.38 Å². The fourth-order valence-electron chi connectivity index (χ4n) is 4.38. The van der Waals surface area contributed by atoms with Crippen molar-refractivity contribution in [3.63, 3.8) is 0 Å². The van der Waals surface area contributed by atoms with Crippen LogP contribution in [0, 0.1) is 6.92 Å². The molecule has 3 rings (SSSR count). The van der Waals surface area contributed by atoms with Crippen LogP contribution < -0.4 is 4.52 Å². The Balaban J connectivity index is 2.00. The molecule has 0 radical (unpaired) electrons. The van der Waals surface area contributed by atoms with Crippen molar-refractivity contribution >= 4 is 8.38 Å². The van der Waals surface area contributed by atoms with Gasteiger partial charge in [-0.3, -0.25) is 0 Å². The van der Waals surface area contributed by atoms with Gasteiger partial charge in [0.05, 0.1) is 18.3 Å². The van der Waals surface area contributed by atoms with Gasteiger partial charge in [-0.2, -0.15) is 0 Å². The second-order valence-corrected chi connectivity index (χ2v) is 11.3. The molecule has 0 aromatic heterocycles. The van der Waals surface area contributed by atoms with E-state index in [1.54, 1.807) is 0 Å². The molecule has 0 fully saturated rings. The maximum atomic E-state index is 11.3. The summed E-state index contributed by atoms with van der Waals surface area (Å²) in [6.07, 6.45) is 6.68. The summed E-state index contributed by atoms with van der Waals surface area (Å²) in [5, 5.41) is 11.3. The Kier molecular flexibility index (Phi) is 10.2. The molecule has 0 saturated heterocycles. The first-order valence-corrected chi connectivity index (χ1v) is 14.3. The third-order valence-electron chi connectivity index (χ3n) is 6.45. The number of aromatic hydroxyl groups is 1. The topological polar surface area (TPSA) is 38.7 Å². The summed E-state index contributed by atoms with van der Waals surface area (Å²) in [6, 6.07) is 22.6. The van der Waals surface area contributed by atoms with Crippen LogP contribution in [0.1, 0.15) is 76.5 Å². The van der Waals surface area contributed by atoms with Crippen LogP contribution in [-0.2, 0) is 16.1 Å². The molecular weight excluding hydrogens is 451 g/mol. The summed E-state index contributed by atoms with van der Waals surface area (Å²) in [7, 11) is -1.22. The fraction of sp³-hybridized carbons (Fsp3) is 0.419. The molecule has 188 valence electrons. The molecule has 3 aromatic rings. The molecule has 35 heavy (non-hydrogen) atoms. The first kappa shape index (κ1) is 27.2. The molecule has 1 unspecified atom stereocenters. The highest BCUT2D eigenvalue weighted by Crippen LogP contribution is 2.50. The molecule has 0 aliphatic carbocycles. The molecule has 0 aliphatic heterocycles. The van der Waals surface area contributed by atoms with Gasteiger partial charge in [-0.15, -0.1) is 0 Å². The first-order chi connectivity index (χ1) is 16.8. The van der Waals surface area contributed by atoms with E-state index in [1.165, 1.54) is 31.2 Å². The average molecular weight is 493 g/mol. The van der Waals surface area contributed by atoms with Gasteiger partial charge in [0.1, 0.15) is 11.5 Å². The van der Waals surface area contributed by atoms with Gasteiger partial charge in [-0.25, -0.2) is 0 Å². The Morgan fingerprint density at radius 1 is 0.886 bits per heavy atom. The Labute approximate surface area is 213 Å². The number of hydrogen-bond donors (Lipinski definition) is 1. The van der Waals surface area contributed by atoms with Crippen LogP contribution in [0.25, 0.3) is 11.1 Å². The van der Waals surface area contributed by atoms with Crippen molar-refractivity contribution in [3.8, 4) is 22.6 Å². The summed E-state index contributed by atoms with van der Waals surface area (Å²) < 4.78 is 12.7. The fourth-order valence-corrected chi connectivity index (χ4v) is 5.75. The third kappa shape index (κ3) is 7.82. The van der Waals surface area contributed by atoms with Gasteiger partial charge in [-0.1, -0.05) is 107 Å². The maximum Gasteiger partial charge on any atom is 0.234 e. The molecule has 0 amide bonds. The zero-order valence-electron chi connectivity index (χ0n) is 22.0. The number of aryl methyl sites for hydroxylation is 1. The van der Waals surface area contributed by atoms with E-state index in [-0.39, 0.29) is 11.2 Å². The van der Waals surface area contributed by atoms with E-state index < -0.39 is 8.38 Å². The van der Waals surface area contributed by atoms with E-state index in [4.69, 9.17) is 9.05 Å². The minimum atomic E-state index is -1.22. The standard InChI is InChI=1S/C31H41O3P/c1-6-8-9-13-19-31(4,5)27-21-28(32)30(26-18-14-15-24(3)20-26)29(22-27)34-35(33-7-2)23-25-16-11-10-12-17-25/h10-12,14-18,20-22,32H,6-9,13,19,23H2,1-5H3. The highest BCUT2D eigenvalue weighted by molar-refractivity contribution is 7.46. The van der Waals surface area contributed by atoms with Gasteiger partial charge >= 0.3 is 0 Å². The van der Waals surface area contributed by atoms with Crippen molar-refractivity contribution in [2.75, 3.05) is 6.61 Å². The lowest BCUT2D eigenvalue weighted by atomic mass is 9.79. The largest absolute Gasteiger partial charge is 0.507 e. The summed E-state index contributed by atoms with van der Waals surface area (Å²) in [5.41, 5.74) is 5.05.